The van der Waals surface area contributed by atoms with Gasteiger partial charge in [-0.1, -0.05) is 24.3 Å². The quantitative estimate of drug-likeness (QED) is 0.792. The number of esters is 1. The average molecular weight is 332 g/mol. The molecular formula is C19H12N2O4. The maximum absolute atomic E-state index is 12.4. The van der Waals surface area contributed by atoms with E-state index in [1.54, 1.807) is 24.6 Å². The number of nitrogens with zero attached hydrogens (tertiary/aromatic N) is 2. The van der Waals surface area contributed by atoms with Crippen molar-refractivity contribution >= 4 is 18.4 Å². The van der Waals surface area contributed by atoms with Crippen molar-refractivity contribution in [3.05, 3.63) is 83.8 Å². The minimum absolute atomic E-state index is 0.0442. The summed E-state index contributed by atoms with van der Waals surface area (Å²) in [6.45, 7) is 0. The molecule has 4 rings (SSSR count). The minimum atomic E-state index is -0.727. The fourth-order valence-corrected chi connectivity index (χ4v) is 2.29. The Kier molecular flexibility index (Phi) is 3.84. The van der Waals surface area contributed by atoms with Crippen molar-refractivity contribution in [3.63, 3.8) is 0 Å². The summed E-state index contributed by atoms with van der Waals surface area (Å²) in [7, 11) is 0. The summed E-state index contributed by atoms with van der Waals surface area (Å²) in [5.41, 5.74) is 1.55. The molecule has 0 unspecified atom stereocenters. The number of carbonyl (C=O) groups is 1. The third-order valence-electron chi connectivity index (χ3n) is 3.46. The van der Waals surface area contributed by atoms with Crippen molar-refractivity contribution in [2.45, 2.75) is 0 Å². The Balaban J connectivity index is 1.52. The SMILES string of the molecule is O=C(OC1=CN=Cc2ccccc2O1)C1=CN=Cc2ccccc2O1. The molecule has 0 saturated carbocycles. The van der Waals surface area contributed by atoms with Crippen LogP contribution >= 0.6 is 0 Å². The number of benzene rings is 2. The summed E-state index contributed by atoms with van der Waals surface area (Å²) in [5, 5.41) is 0. The highest BCUT2D eigenvalue weighted by Gasteiger charge is 2.21. The van der Waals surface area contributed by atoms with Crippen LogP contribution in [0.15, 0.2) is 82.6 Å². The lowest BCUT2D eigenvalue weighted by molar-refractivity contribution is -0.140. The summed E-state index contributed by atoms with van der Waals surface area (Å²) in [6.07, 6.45) is 5.86. The Labute approximate surface area is 143 Å². The van der Waals surface area contributed by atoms with Gasteiger partial charge in [0.15, 0.2) is 0 Å². The van der Waals surface area contributed by atoms with E-state index in [2.05, 4.69) is 9.98 Å². The van der Waals surface area contributed by atoms with Crippen LogP contribution < -0.4 is 9.47 Å². The van der Waals surface area contributed by atoms with Crippen LogP contribution in [0.3, 0.4) is 0 Å². The van der Waals surface area contributed by atoms with E-state index in [9.17, 15) is 4.79 Å². The topological polar surface area (TPSA) is 69.5 Å². The molecule has 2 heterocycles. The first-order valence-corrected chi connectivity index (χ1v) is 7.52. The third-order valence-corrected chi connectivity index (χ3v) is 3.46. The van der Waals surface area contributed by atoms with Gasteiger partial charge in [0.2, 0.25) is 5.76 Å². The van der Waals surface area contributed by atoms with Crippen LogP contribution in [0.4, 0.5) is 0 Å². The second kappa shape index (κ2) is 6.45. The number of fused-ring (bicyclic) bond motifs is 2. The summed E-state index contributed by atoms with van der Waals surface area (Å²) >= 11 is 0. The summed E-state index contributed by atoms with van der Waals surface area (Å²) in [4.78, 5) is 20.5. The van der Waals surface area contributed by atoms with Crippen molar-refractivity contribution < 1.29 is 19.0 Å². The predicted molar refractivity (Wildman–Crippen MR) is 91.6 cm³/mol. The lowest BCUT2D eigenvalue weighted by Gasteiger charge is -2.11. The van der Waals surface area contributed by atoms with E-state index >= 15 is 0 Å². The Morgan fingerprint density at radius 1 is 0.800 bits per heavy atom. The summed E-state index contributed by atoms with van der Waals surface area (Å²) < 4.78 is 16.4. The van der Waals surface area contributed by atoms with Gasteiger partial charge in [0.05, 0.1) is 6.20 Å². The molecule has 2 aliphatic heterocycles. The molecule has 0 saturated heterocycles. The maximum atomic E-state index is 12.4. The molecule has 0 aromatic heterocycles. The van der Waals surface area contributed by atoms with Gasteiger partial charge in [0, 0.05) is 23.6 Å². The van der Waals surface area contributed by atoms with Crippen molar-refractivity contribution in [1.82, 2.24) is 0 Å². The Bertz CT molecular complexity index is 957. The van der Waals surface area contributed by atoms with Gasteiger partial charge in [0.25, 0.3) is 0 Å². The van der Waals surface area contributed by atoms with Gasteiger partial charge < -0.3 is 14.2 Å². The normalized spacial score (nSPS) is 14.6. The van der Waals surface area contributed by atoms with Gasteiger partial charge in [-0.25, -0.2) is 4.79 Å². The first-order valence-electron chi connectivity index (χ1n) is 7.52. The molecule has 122 valence electrons. The van der Waals surface area contributed by atoms with Crippen LogP contribution in [-0.4, -0.2) is 18.4 Å². The van der Waals surface area contributed by atoms with Crippen LogP contribution in [-0.2, 0) is 9.53 Å². The number of ether oxygens (including phenoxy) is 3. The second-order valence-electron chi connectivity index (χ2n) is 5.17. The van der Waals surface area contributed by atoms with Gasteiger partial charge in [-0.3, -0.25) is 9.98 Å². The molecule has 0 spiro atoms. The molecule has 0 aliphatic carbocycles. The fourth-order valence-electron chi connectivity index (χ4n) is 2.29. The molecule has 0 bridgehead atoms. The molecule has 2 aliphatic rings. The molecule has 6 nitrogen and oxygen atoms in total. The zero-order chi connectivity index (χ0) is 17.1. The highest BCUT2D eigenvalue weighted by molar-refractivity contribution is 5.91. The van der Waals surface area contributed by atoms with Crippen molar-refractivity contribution in [3.8, 4) is 11.5 Å². The number of carbonyl (C=O) groups excluding carboxylic acids is 1. The molecule has 6 heteroatoms. The zero-order valence-corrected chi connectivity index (χ0v) is 13.0. The van der Waals surface area contributed by atoms with Crippen LogP contribution in [0.2, 0.25) is 0 Å². The van der Waals surface area contributed by atoms with Crippen LogP contribution in [0, 0.1) is 0 Å². The molecule has 2 aromatic carbocycles. The summed E-state index contributed by atoms with van der Waals surface area (Å²) in [6, 6.07) is 14.5. The highest BCUT2D eigenvalue weighted by atomic mass is 16.7. The van der Waals surface area contributed by atoms with Gasteiger partial charge in [-0.05, 0) is 24.3 Å². The van der Waals surface area contributed by atoms with E-state index in [0.29, 0.717) is 11.5 Å². The second-order valence-corrected chi connectivity index (χ2v) is 5.17. The van der Waals surface area contributed by atoms with Gasteiger partial charge >= 0.3 is 11.9 Å². The monoisotopic (exact) mass is 332 g/mol. The summed E-state index contributed by atoms with van der Waals surface area (Å²) in [5.74, 6) is 0.243. The van der Waals surface area contributed by atoms with Crippen molar-refractivity contribution in [1.29, 1.82) is 0 Å². The smallest absolute Gasteiger partial charge is 0.383 e. The van der Waals surface area contributed by atoms with Gasteiger partial charge in [-0.2, -0.15) is 0 Å². The number of hydrogen-bond acceptors (Lipinski definition) is 6. The molecule has 25 heavy (non-hydrogen) atoms. The van der Waals surface area contributed by atoms with Crippen LogP contribution in [0.1, 0.15) is 11.1 Å². The maximum Gasteiger partial charge on any atom is 0.383 e. The average Bonchev–Trinajstić information content (AvgIpc) is 2.97. The van der Waals surface area contributed by atoms with E-state index < -0.39 is 5.97 Å². The molecule has 0 amide bonds. The molecule has 0 N–H and O–H groups in total. The van der Waals surface area contributed by atoms with E-state index in [0.717, 1.165) is 11.1 Å². The Hall–Kier alpha value is -3.67. The molecule has 0 atom stereocenters. The molecule has 2 aromatic rings. The van der Waals surface area contributed by atoms with E-state index in [4.69, 9.17) is 14.2 Å². The van der Waals surface area contributed by atoms with E-state index in [1.165, 1.54) is 12.4 Å². The highest BCUT2D eigenvalue weighted by Crippen LogP contribution is 2.24. The number of rotatable bonds is 2. The van der Waals surface area contributed by atoms with Gasteiger partial charge in [0.1, 0.15) is 17.7 Å². The third kappa shape index (κ3) is 3.18. The van der Waals surface area contributed by atoms with Gasteiger partial charge in [-0.15, -0.1) is 0 Å². The van der Waals surface area contributed by atoms with Crippen LogP contribution in [0.5, 0.6) is 11.5 Å². The Morgan fingerprint density at radius 2 is 1.40 bits per heavy atom. The molecular weight excluding hydrogens is 320 g/mol. The number of para-hydroxylation sites is 2. The lowest BCUT2D eigenvalue weighted by atomic mass is 10.2. The first-order chi connectivity index (χ1) is 12.3. The number of hydrogen-bond donors (Lipinski definition) is 0. The van der Waals surface area contributed by atoms with E-state index in [-0.39, 0.29) is 11.7 Å². The molecule has 0 fully saturated rings. The minimum Gasteiger partial charge on any atom is -0.447 e. The largest absolute Gasteiger partial charge is 0.447 e. The van der Waals surface area contributed by atoms with Crippen LogP contribution in [0.25, 0.3) is 0 Å². The number of aliphatic imine (C=N–C) groups is 2. The fraction of sp³-hybridized carbons (Fsp3) is 0. The van der Waals surface area contributed by atoms with E-state index in [1.807, 2.05) is 36.4 Å². The zero-order valence-electron chi connectivity index (χ0n) is 13.0. The lowest BCUT2D eigenvalue weighted by Crippen LogP contribution is -2.15. The predicted octanol–water partition coefficient (Wildman–Crippen LogP) is 3.19. The Morgan fingerprint density at radius 3 is 2.12 bits per heavy atom. The first kappa shape index (κ1) is 14.9. The molecule has 0 radical (unpaired) electrons. The standard InChI is InChI=1S/C19H12N2O4/c22-19(17-11-20-9-13-5-1-3-7-15(13)23-17)25-18-12-21-10-14-6-2-4-8-16(14)24-18/h1-12H. The van der Waals surface area contributed by atoms with Crippen molar-refractivity contribution in [2.75, 3.05) is 0 Å². The van der Waals surface area contributed by atoms with Crippen molar-refractivity contribution in [2.24, 2.45) is 9.98 Å².